The molecule has 29 heavy (non-hydrogen) atoms. The molecule has 1 aromatic heterocycles. The number of fused-ring (bicyclic) bond motifs is 1. The second kappa shape index (κ2) is 7.40. The van der Waals surface area contributed by atoms with Gasteiger partial charge >= 0.3 is 0 Å². The maximum atomic E-state index is 13.0. The van der Waals surface area contributed by atoms with Crippen molar-refractivity contribution in [2.75, 3.05) is 24.2 Å². The number of amidine groups is 1. The number of hydrogen-bond acceptors (Lipinski definition) is 5. The highest BCUT2D eigenvalue weighted by Crippen LogP contribution is 2.33. The van der Waals surface area contributed by atoms with E-state index < -0.39 is 0 Å². The van der Waals surface area contributed by atoms with Crippen molar-refractivity contribution in [2.24, 2.45) is 4.99 Å². The van der Waals surface area contributed by atoms with Crippen LogP contribution in [0.1, 0.15) is 27.8 Å². The molecule has 2 aliphatic rings. The predicted molar refractivity (Wildman–Crippen MR) is 117 cm³/mol. The number of carbonyl (C=O) groups is 1. The molecule has 2 aromatic carbocycles. The van der Waals surface area contributed by atoms with E-state index in [4.69, 9.17) is 4.99 Å². The Labute approximate surface area is 173 Å². The summed E-state index contributed by atoms with van der Waals surface area (Å²) < 4.78 is 0. The highest BCUT2D eigenvalue weighted by Gasteiger charge is 2.30. The SMILES string of the molecule is Cc1[nH]nc(C(=O)Nc2cccc(C3CN4CCSC4=N3)c2)c1-c1ccccc1. The summed E-state index contributed by atoms with van der Waals surface area (Å²) in [4.78, 5) is 20.1. The van der Waals surface area contributed by atoms with Crippen LogP contribution in [0.25, 0.3) is 11.1 Å². The van der Waals surface area contributed by atoms with E-state index >= 15 is 0 Å². The molecule has 3 aromatic rings. The Kier molecular flexibility index (Phi) is 4.60. The summed E-state index contributed by atoms with van der Waals surface area (Å²) in [6.07, 6.45) is 0. The quantitative estimate of drug-likeness (QED) is 0.688. The van der Waals surface area contributed by atoms with Crippen LogP contribution >= 0.6 is 11.8 Å². The van der Waals surface area contributed by atoms with Crippen LogP contribution in [-0.2, 0) is 0 Å². The monoisotopic (exact) mass is 403 g/mol. The Morgan fingerprint density at radius 3 is 2.90 bits per heavy atom. The summed E-state index contributed by atoms with van der Waals surface area (Å²) in [6.45, 7) is 3.91. The molecule has 1 fully saturated rings. The molecular formula is C22H21N5OS. The first-order valence-corrected chi connectivity index (χ1v) is 10.6. The van der Waals surface area contributed by atoms with Crippen LogP contribution in [0, 0.1) is 6.92 Å². The van der Waals surface area contributed by atoms with Crippen molar-refractivity contribution >= 4 is 28.5 Å². The van der Waals surface area contributed by atoms with Crippen LogP contribution in [0.5, 0.6) is 0 Å². The number of aliphatic imine (C=N–C) groups is 1. The normalized spacial score (nSPS) is 17.9. The average Bonchev–Trinajstić information content (AvgIpc) is 3.43. The molecular weight excluding hydrogens is 382 g/mol. The van der Waals surface area contributed by atoms with Crippen LogP contribution in [-0.4, -0.2) is 45.0 Å². The van der Waals surface area contributed by atoms with Gasteiger partial charge in [-0.3, -0.25) is 14.9 Å². The maximum Gasteiger partial charge on any atom is 0.276 e. The van der Waals surface area contributed by atoms with Crippen LogP contribution in [0.3, 0.4) is 0 Å². The Morgan fingerprint density at radius 1 is 1.21 bits per heavy atom. The van der Waals surface area contributed by atoms with E-state index in [1.165, 1.54) is 0 Å². The molecule has 6 nitrogen and oxygen atoms in total. The van der Waals surface area contributed by atoms with Crippen molar-refractivity contribution < 1.29 is 4.79 Å². The number of thioether (sulfide) groups is 1. The highest BCUT2D eigenvalue weighted by molar-refractivity contribution is 8.14. The first-order valence-electron chi connectivity index (χ1n) is 9.66. The van der Waals surface area contributed by atoms with Gasteiger partial charge in [0.05, 0.1) is 6.04 Å². The lowest BCUT2D eigenvalue weighted by Crippen LogP contribution is -2.21. The third-order valence-electron chi connectivity index (χ3n) is 5.28. The lowest BCUT2D eigenvalue weighted by molar-refractivity contribution is 0.102. The molecule has 3 heterocycles. The fourth-order valence-corrected chi connectivity index (χ4v) is 4.90. The number of hydrogen-bond donors (Lipinski definition) is 2. The van der Waals surface area contributed by atoms with Gasteiger partial charge in [0.2, 0.25) is 0 Å². The van der Waals surface area contributed by atoms with E-state index in [9.17, 15) is 4.79 Å². The fourth-order valence-electron chi connectivity index (χ4n) is 3.85. The Hall–Kier alpha value is -3.06. The molecule has 2 aliphatic heterocycles. The second-order valence-corrected chi connectivity index (χ2v) is 8.30. The Balaban J connectivity index is 1.38. The first kappa shape index (κ1) is 18.0. The van der Waals surface area contributed by atoms with Gasteiger partial charge in [-0.2, -0.15) is 5.10 Å². The number of rotatable bonds is 4. The minimum Gasteiger partial charge on any atom is -0.348 e. The van der Waals surface area contributed by atoms with E-state index in [-0.39, 0.29) is 11.9 Å². The van der Waals surface area contributed by atoms with Gasteiger partial charge in [0.1, 0.15) is 0 Å². The molecule has 1 atom stereocenters. The second-order valence-electron chi connectivity index (χ2n) is 7.24. The van der Waals surface area contributed by atoms with Gasteiger partial charge in [0.15, 0.2) is 10.9 Å². The summed E-state index contributed by atoms with van der Waals surface area (Å²) >= 11 is 1.82. The zero-order chi connectivity index (χ0) is 19.8. The van der Waals surface area contributed by atoms with Gasteiger partial charge < -0.3 is 10.2 Å². The third kappa shape index (κ3) is 3.42. The molecule has 5 rings (SSSR count). The number of carbonyl (C=O) groups excluding carboxylic acids is 1. The van der Waals surface area contributed by atoms with Gasteiger partial charge in [-0.15, -0.1) is 0 Å². The van der Waals surface area contributed by atoms with Gasteiger partial charge in [-0.05, 0) is 30.2 Å². The highest BCUT2D eigenvalue weighted by atomic mass is 32.2. The van der Waals surface area contributed by atoms with Gasteiger partial charge in [-0.1, -0.05) is 54.2 Å². The number of benzene rings is 2. The predicted octanol–water partition coefficient (Wildman–Crippen LogP) is 4.10. The lowest BCUT2D eigenvalue weighted by Gasteiger charge is -2.14. The van der Waals surface area contributed by atoms with Gasteiger partial charge in [0, 0.05) is 35.8 Å². The first-order chi connectivity index (χ1) is 14.2. The molecule has 1 amide bonds. The third-order valence-corrected chi connectivity index (χ3v) is 6.29. The molecule has 0 saturated carbocycles. The van der Waals surface area contributed by atoms with E-state index in [2.05, 4.69) is 26.5 Å². The van der Waals surface area contributed by atoms with Crippen molar-refractivity contribution in [3.8, 4) is 11.1 Å². The van der Waals surface area contributed by atoms with E-state index in [0.717, 1.165) is 52.1 Å². The summed E-state index contributed by atoms with van der Waals surface area (Å²) in [5, 5.41) is 11.4. The molecule has 0 spiro atoms. The van der Waals surface area contributed by atoms with Crippen molar-refractivity contribution in [3.63, 3.8) is 0 Å². The molecule has 2 N–H and O–H groups in total. The van der Waals surface area contributed by atoms with Crippen LogP contribution < -0.4 is 5.32 Å². The minimum atomic E-state index is -0.223. The summed E-state index contributed by atoms with van der Waals surface area (Å²) in [5.74, 6) is 0.897. The van der Waals surface area contributed by atoms with Crippen molar-refractivity contribution in [1.29, 1.82) is 0 Å². The number of aromatic nitrogens is 2. The number of nitrogens with zero attached hydrogens (tertiary/aromatic N) is 3. The molecule has 1 unspecified atom stereocenters. The standard InChI is InChI=1S/C22H21N5OS/c1-14-19(15-6-3-2-4-7-15)20(26-25-14)21(28)23-17-9-5-8-16(12-17)18-13-27-10-11-29-22(27)24-18/h2-9,12,18H,10-11,13H2,1H3,(H,23,28)(H,25,26). The van der Waals surface area contributed by atoms with Crippen molar-refractivity contribution in [1.82, 2.24) is 15.1 Å². The topological polar surface area (TPSA) is 73.4 Å². The van der Waals surface area contributed by atoms with E-state index in [1.807, 2.05) is 67.2 Å². The number of nitrogens with one attached hydrogen (secondary N) is 2. The molecule has 7 heteroatoms. The summed E-state index contributed by atoms with van der Waals surface area (Å²) in [5.41, 5.74) is 4.95. The fraction of sp³-hybridized carbons (Fsp3) is 0.227. The van der Waals surface area contributed by atoms with Crippen molar-refractivity contribution in [3.05, 3.63) is 71.5 Å². The smallest absolute Gasteiger partial charge is 0.276 e. The number of anilines is 1. The lowest BCUT2D eigenvalue weighted by atomic mass is 10.0. The minimum absolute atomic E-state index is 0.127. The van der Waals surface area contributed by atoms with E-state index in [1.54, 1.807) is 0 Å². The number of aryl methyl sites for hydroxylation is 1. The molecule has 0 aliphatic carbocycles. The molecule has 1 saturated heterocycles. The number of aromatic amines is 1. The molecule has 146 valence electrons. The summed E-state index contributed by atoms with van der Waals surface area (Å²) in [6, 6.07) is 17.9. The van der Waals surface area contributed by atoms with Gasteiger partial charge in [0.25, 0.3) is 5.91 Å². The van der Waals surface area contributed by atoms with Gasteiger partial charge in [-0.25, -0.2) is 0 Å². The molecule has 0 bridgehead atoms. The van der Waals surface area contributed by atoms with Crippen LogP contribution in [0.4, 0.5) is 5.69 Å². The Morgan fingerprint density at radius 2 is 2.07 bits per heavy atom. The maximum absolute atomic E-state index is 13.0. The molecule has 0 radical (unpaired) electrons. The van der Waals surface area contributed by atoms with Crippen molar-refractivity contribution in [2.45, 2.75) is 13.0 Å². The van der Waals surface area contributed by atoms with E-state index in [0.29, 0.717) is 5.69 Å². The van der Waals surface area contributed by atoms with Crippen LogP contribution in [0.15, 0.2) is 59.6 Å². The summed E-state index contributed by atoms with van der Waals surface area (Å²) in [7, 11) is 0. The zero-order valence-corrected chi connectivity index (χ0v) is 16.9. The average molecular weight is 404 g/mol. The number of amides is 1. The Bertz CT molecular complexity index is 1090. The zero-order valence-electron chi connectivity index (χ0n) is 16.1. The van der Waals surface area contributed by atoms with Crippen LogP contribution in [0.2, 0.25) is 0 Å². The largest absolute Gasteiger partial charge is 0.348 e. The number of H-pyrrole nitrogens is 1.